The monoisotopic (exact) mass is 301 g/mol. The predicted octanol–water partition coefficient (Wildman–Crippen LogP) is 1.81. The first-order valence-corrected chi connectivity index (χ1v) is 6.07. The lowest BCUT2D eigenvalue weighted by molar-refractivity contribution is -0.125. The fourth-order valence-corrected chi connectivity index (χ4v) is 1.72. The minimum Gasteiger partial charge on any atom is -0.332 e. The Hall–Kier alpha value is -1.60. The second-order valence-corrected chi connectivity index (χ2v) is 4.99. The summed E-state index contributed by atoms with van der Waals surface area (Å²) in [5, 5.41) is 7.93. The highest BCUT2D eigenvalue weighted by Gasteiger charge is 2.36. The molecule has 0 unspecified atom stereocenters. The van der Waals surface area contributed by atoms with Gasteiger partial charge in [-0.15, -0.1) is 12.6 Å². The normalized spacial score (nSPS) is 13.2. The number of halogens is 1. The molecular weight excluding hydrogens is 290 g/mol. The number of benzene rings is 1. The molecular formula is C11H12ClN3O3S. The average Bonchev–Trinajstić information content (AvgIpc) is 2.31. The van der Waals surface area contributed by atoms with E-state index in [9.17, 15) is 14.5 Å². The summed E-state index contributed by atoms with van der Waals surface area (Å²) < 4.78 is 0. The lowest BCUT2D eigenvalue weighted by atomic mass is 10.2. The van der Waals surface area contributed by atoms with Crippen LogP contribution in [0.3, 0.4) is 0 Å². The zero-order valence-corrected chi connectivity index (χ0v) is 11.7. The fraction of sp³-hybridized carbons (Fsp3) is 0.273. The Morgan fingerprint density at radius 3 is 2.42 bits per heavy atom. The van der Waals surface area contributed by atoms with Crippen LogP contribution in [0.4, 0.5) is 5.69 Å². The number of hydrogen-bond donors (Lipinski definition) is 3. The van der Waals surface area contributed by atoms with Crippen LogP contribution in [-0.4, -0.2) is 23.2 Å². The van der Waals surface area contributed by atoms with Crippen LogP contribution in [-0.2, 0) is 9.59 Å². The maximum Gasteiger partial charge on any atom is 0.262 e. The van der Waals surface area contributed by atoms with Crippen LogP contribution in [0.25, 0.3) is 0 Å². The van der Waals surface area contributed by atoms with Gasteiger partial charge in [0.2, 0.25) is 5.91 Å². The SMILES string of the molecule is CC(=O)N[C@@](S)(CN=O)C(=O)Nc1ccc(Cl)cc1. The van der Waals surface area contributed by atoms with E-state index in [2.05, 4.69) is 28.4 Å². The molecule has 0 aliphatic rings. The molecule has 2 N–H and O–H groups in total. The number of carbonyl (C=O) groups excluding carboxylic acids is 2. The molecule has 0 radical (unpaired) electrons. The second kappa shape index (κ2) is 6.53. The van der Waals surface area contributed by atoms with Gasteiger partial charge in [-0.05, 0) is 24.3 Å². The smallest absolute Gasteiger partial charge is 0.262 e. The van der Waals surface area contributed by atoms with Crippen LogP contribution >= 0.6 is 24.2 Å². The van der Waals surface area contributed by atoms with E-state index in [-0.39, 0.29) is 0 Å². The molecule has 0 saturated heterocycles. The Balaban J connectivity index is 2.85. The molecule has 0 aliphatic carbocycles. The van der Waals surface area contributed by atoms with Crippen molar-refractivity contribution in [2.75, 3.05) is 11.9 Å². The van der Waals surface area contributed by atoms with Crippen molar-refractivity contribution in [3.63, 3.8) is 0 Å². The average molecular weight is 302 g/mol. The molecule has 8 heteroatoms. The molecule has 0 fully saturated rings. The van der Waals surface area contributed by atoms with Gasteiger partial charge in [-0.3, -0.25) is 9.59 Å². The highest BCUT2D eigenvalue weighted by atomic mass is 35.5. The third-order valence-electron chi connectivity index (χ3n) is 2.15. The third kappa shape index (κ3) is 4.53. The molecule has 19 heavy (non-hydrogen) atoms. The zero-order valence-electron chi connectivity index (χ0n) is 10.0. The minimum atomic E-state index is -1.69. The molecule has 2 amide bonds. The number of nitrogens with one attached hydrogen (secondary N) is 2. The maximum absolute atomic E-state index is 12.0. The van der Waals surface area contributed by atoms with Crippen molar-refractivity contribution in [2.24, 2.45) is 5.18 Å². The molecule has 1 aromatic rings. The van der Waals surface area contributed by atoms with Crippen LogP contribution in [0, 0.1) is 4.91 Å². The van der Waals surface area contributed by atoms with Crippen LogP contribution in [0.5, 0.6) is 0 Å². The Morgan fingerprint density at radius 2 is 1.95 bits per heavy atom. The quantitative estimate of drug-likeness (QED) is 0.440. The van der Waals surface area contributed by atoms with E-state index in [0.717, 1.165) is 0 Å². The van der Waals surface area contributed by atoms with Crippen LogP contribution in [0.2, 0.25) is 5.02 Å². The molecule has 0 bridgehead atoms. The summed E-state index contributed by atoms with van der Waals surface area (Å²) in [5.74, 6) is -1.15. The molecule has 6 nitrogen and oxygen atoms in total. The van der Waals surface area contributed by atoms with Gasteiger partial charge in [-0.25, -0.2) is 0 Å². The lowest BCUT2D eigenvalue weighted by Crippen LogP contribution is -2.54. The van der Waals surface area contributed by atoms with Crippen molar-refractivity contribution in [1.29, 1.82) is 0 Å². The van der Waals surface area contributed by atoms with E-state index in [1.807, 2.05) is 0 Å². The Labute approximate surface area is 120 Å². The first kappa shape index (κ1) is 15.5. The molecule has 0 heterocycles. The molecule has 1 rings (SSSR count). The van der Waals surface area contributed by atoms with E-state index in [4.69, 9.17) is 11.6 Å². The van der Waals surface area contributed by atoms with Gasteiger partial charge < -0.3 is 10.6 Å². The summed E-state index contributed by atoms with van der Waals surface area (Å²) in [7, 11) is 0. The number of thiol groups is 1. The largest absolute Gasteiger partial charge is 0.332 e. The molecule has 1 atom stereocenters. The molecule has 102 valence electrons. The summed E-state index contributed by atoms with van der Waals surface area (Å²) in [6.45, 7) is 0.723. The van der Waals surface area contributed by atoms with Gasteiger partial charge in [-0.1, -0.05) is 16.8 Å². The van der Waals surface area contributed by atoms with Crippen LogP contribution in [0.15, 0.2) is 29.4 Å². The predicted molar refractivity (Wildman–Crippen MR) is 76.3 cm³/mol. The number of amides is 2. The number of nitrogens with zero attached hydrogens (tertiary/aromatic N) is 1. The van der Waals surface area contributed by atoms with Gasteiger partial charge in [0.1, 0.15) is 6.54 Å². The van der Waals surface area contributed by atoms with E-state index < -0.39 is 23.2 Å². The van der Waals surface area contributed by atoms with E-state index in [0.29, 0.717) is 10.7 Å². The second-order valence-electron chi connectivity index (χ2n) is 3.79. The van der Waals surface area contributed by atoms with Gasteiger partial charge in [0.15, 0.2) is 4.87 Å². The summed E-state index contributed by atoms with van der Waals surface area (Å²) in [6, 6.07) is 6.34. The van der Waals surface area contributed by atoms with Crippen molar-refractivity contribution in [3.8, 4) is 0 Å². The zero-order chi connectivity index (χ0) is 14.5. The van der Waals surface area contributed by atoms with Gasteiger partial charge in [0.05, 0.1) is 0 Å². The van der Waals surface area contributed by atoms with E-state index in [1.54, 1.807) is 24.3 Å². The van der Waals surface area contributed by atoms with Gasteiger partial charge >= 0.3 is 0 Å². The van der Waals surface area contributed by atoms with Crippen molar-refractivity contribution in [3.05, 3.63) is 34.2 Å². The lowest BCUT2D eigenvalue weighted by Gasteiger charge is -2.25. The highest BCUT2D eigenvalue weighted by molar-refractivity contribution is 7.82. The van der Waals surface area contributed by atoms with Crippen molar-refractivity contribution >= 4 is 41.7 Å². The van der Waals surface area contributed by atoms with E-state index >= 15 is 0 Å². The summed E-state index contributed by atoms with van der Waals surface area (Å²) in [6.07, 6.45) is 0. The Kier molecular flexibility index (Phi) is 5.31. The third-order valence-corrected chi connectivity index (χ3v) is 2.86. The summed E-state index contributed by atoms with van der Waals surface area (Å²) in [5.41, 5.74) is 0.462. The standard InChI is InChI=1S/C11H12ClN3O3S/c1-7(16)15-11(19,6-13-18)10(17)14-9-4-2-8(12)3-5-9/h2-5,19H,6H2,1H3,(H,14,17)(H,15,16)/t11-/m1/s1. The summed E-state index contributed by atoms with van der Waals surface area (Å²) in [4.78, 5) is 31.7. The number of carbonyl (C=O) groups is 2. The minimum absolute atomic E-state index is 0.462. The van der Waals surface area contributed by atoms with Crippen molar-refractivity contribution in [1.82, 2.24) is 5.32 Å². The summed E-state index contributed by atoms with van der Waals surface area (Å²) >= 11 is 9.74. The number of rotatable bonds is 5. The van der Waals surface area contributed by atoms with Gasteiger partial charge in [-0.2, -0.15) is 4.91 Å². The molecule has 0 aliphatic heterocycles. The number of hydrogen-bond acceptors (Lipinski definition) is 5. The Morgan fingerprint density at radius 1 is 1.37 bits per heavy atom. The fourth-order valence-electron chi connectivity index (χ4n) is 1.32. The first-order chi connectivity index (χ1) is 8.87. The maximum atomic E-state index is 12.0. The first-order valence-electron chi connectivity index (χ1n) is 5.24. The molecule has 1 aromatic carbocycles. The van der Waals surface area contributed by atoms with Crippen LogP contribution in [0.1, 0.15) is 6.92 Å². The van der Waals surface area contributed by atoms with Crippen molar-refractivity contribution < 1.29 is 9.59 Å². The van der Waals surface area contributed by atoms with Crippen LogP contribution < -0.4 is 10.6 Å². The molecule has 0 saturated carbocycles. The molecule has 0 aromatic heterocycles. The topological polar surface area (TPSA) is 87.6 Å². The van der Waals surface area contributed by atoms with Gasteiger partial charge in [0, 0.05) is 17.6 Å². The molecule has 0 spiro atoms. The number of anilines is 1. The highest BCUT2D eigenvalue weighted by Crippen LogP contribution is 2.18. The Bertz CT molecular complexity index is 494. The van der Waals surface area contributed by atoms with Gasteiger partial charge in [0.25, 0.3) is 5.91 Å². The van der Waals surface area contributed by atoms with E-state index in [1.165, 1.54) is 6.92 Å². The van der Waals surface area contributed by atoms with Crippen molar-refractivity contribution in [2.45, 2.75) is 11.8 Å². The number of nitroso groups, excluding NO2 is 1.